The summed E-state index contributed by atoms with van der Waals surface area (Å²) in [4.78, 5) is 7.35. The second-order valence-corrected chi connectivity index (χ2v) is 13.9. The van der Waals surface area contributed by atoms with Gasteiger partial charge in [-0.2, -0.15) is 0 Å². The molecule has 4 heteroatoms. The lowest BCUT2D eigenvalue weighted by molar-refractivity contribution is 0.621. The minimum atomic E-state index is 0.574. The second-order valence-electron chi connectivity index (χ2n) is 13.9. The summed E-state index contributed by atoms with van der Waals surface area (Å²) < 4.78 is 12.8. The number of anilines is 3. The third kappa shape index (κ3) is 5.26. The Bertz CT molecular complexity index is 3220. The topological polar surface area (TPSA) is 42.4 Å². The molecule has 0 aliphatic rings. The standard InChI is InChI=1S/C51H32N2O2/c1-2-13-36-31-38(26-25-33(36)11-1)37-15-7-16-40(32-37)53(46-22-8-14-34-12-3-4-17-41(34)46)39-29-27-35(28-30-39)42-19-9-21-45-50(42)55-51(52-45)44-20-10-24-48-49(44)43-18-5-6-23-47(43)54-48/h1-32H. The lowest BCUT2D eigenvalue weighted by Crippen LogP contribution is -2.10. The maximum absolute atomic E-state index is 6.65. The number of hydrogen-bond acceptors (Lipinski definition) is 4. The van der Waals surface area contributed by atoms with E-state index in [9.17, 15) is 0 Å². The summed E-state index contributed by atoms with van der Waals surface area (Å²) in [7, 11) is 0. The molecule has 0 saturated heterocycles. The van der Waals surface area contributed by atoms with Gasteiger partial charge >= 0.3 is 0 Å². The summed E-state index contributed by atoms with van der Waals surface area (Å²) in [6, 6.07) is 68.2. The van der Waals surface area contributed by atoms with Gasteiger partial charge in [0.15, 0.2) is 5.58 Å². The van der Waals surface area contributed by atoms with Crippen molar-refractivity contribution in [1.82, 2.24) is 4.98 Å². The molecule has 0 bridgehead atoms. The monoisotopic (exact) mass is 704 g/mol. The highest BCUT2D eigenvalue weighted by atomic mass is 16.4. The predicted octanol–water partition coefficient (Wildman–Crippen LogP) is 14.5. The molecule has 4 nitrogen and oxygen atoms in total. The fourth-order valence-electron chi connectivity index (χ4n) is 8.06. The summed E-state index contributed by atoms with van der Waals surface area (Å²) in [6.07, 6.45) is 0. The molecule has 0 aliphatic carbocycles. The SMILES string of the molecule is c1cc(-c2ccc3ccccc3c2)cc(N(c2ccc(-c3cccc4nc(-c5cccc6oc7ccccc7c56)oc34)cc2)c2cccc3ccccc23)c1. The van der Waals surface area contributed by atoms with Crippen LogP contribution < -0.4 is 4.90 Å². The van der Waals surface area contributed by atoms with Gasteiger partial charge in [-0.3, -0.25) is 0 Å². The molecule has 0 amide bonds. The van der Waals surface area contributed by atoms with Gasteiger partial charge < -0.3 is 13.7 Å². The molecule has 0 fully saturated rings. The molecular weight excluding hydrogens is 673 g/mol. The second kappa shape index (κ2) is 12.6. The van der Waals surface area contributed by atoms with Crippen LogP contribution in [0, 0.1) is 0 Å². The molecule has 9 aromatic carbocycles. The minimum absolute atomic E-state index is 0.574. The first-order valence-electron chi connectivity index (χ1n) is 18.5. The third-order valence-corrected chi connectivity index (χ3v) is 10.7. The molecule has 0 saturated carbocycles. The van der Waals surface area contributed by atoms with E-state index in [1.807, 2.05) is 42.5 Å². The van der Waals surface area contributed by atoms with Crippen molar-refractivity contribution in [3.8, 4) is 33.7 Å². The van der Waals surface area contributed by atoms with Crippen molar-refractivity contribution in [2.45, 2.75) is 0 Å². The Hall–Kier alpha value is -7.43. The van der Waals surface area contributed by atoms with Crippen LogP contribution in [0.2, 0.25) is 0 Å². The Morgan fingerprint density at radius 2 is 1.07 bits per heavy atom. The van der Waals surface area contributed by atoms with E-state index in [1.54, 1.807) is 0 Å². The zero-order chi connectivity index (χ0) is 36.3. The average molecular weight is 705 g/mol. The molecule has 0 unspecified atom stereocenters. The molecule has 2 aromatic heterocycles. The first kappa shape index (κ1) is 31.1. The highest BCUT2D eigenvalue weighted by molar-refractivity contribution is 6.12. The number of furan rings is 1. The molecule has 2 heterocycles. The van der Waals surface area contributed by atoms with Crippen molar-refractivity contribution in [1.29, 1.82) is 0 Å². The molecule has 55 heavy (non-hydrogen) atoms. The fraction of sp³-hybridized carbons (Fsp3) is 0. The molecule has 11 rings (SSSR count). The Labute approximate surface area is 317 Å². The fourth-order valence-corrected chi connectivity index (χ4v) is 8.06. The van der Waals surface area contributed by atoms with Crippen LogP contribution in [0.15, 0.2) is 203 Å². The van der Waals surface area contributed by atoms with Crippen LogP contribution in [-0.2, 0) is 0 Å². The summed E-state index contributed by atoms with van der Waals surface area (Å²) in [5.74, 6) is 0.574. The molecule has 0 spiro atoms. The zero-order valence-electron chi connectivity index (χ0n) is 29.7. The van der Waals surface area contributed by atoms with Crippen molar-refractivity contribution in [3.05, 3.63) is 194 Å². The number of aromatic nitrogens is 1. The summed E-state index contributed by atoms with van der Waals surface area (Å²) in [6.45, 7) is 0. The van der Waals surface area contributed by atoms with E-state index in [4.69, 9.17) is 13.8 Å². The van der Waals surface area contributed by atoms with Gasteiger partial charge in [-0.1, -0.05) is 133 Å². The first-order chi connectivity index (χ1) is 27.2. The van der Waals surface area contributed by atoms with Crippen LogP contribution in [0.5, 0.6) is 0 Å². The van der Waals surface area contributed by atoms with E-state index < -0.39 is 0 Å². The van der Waals surface area contributed by atoms with Gasteiger partial charge in [0, 0.05) is 38.7 Å². The normalized spacial score (nSPS) is 11.6. The number of fused-ring (bicyclic) bond motifs is 6. The molecule has 0 N–H and O–H groups in total. The Balaban J connectivity index is 1.02. The van der Waals surface area contributed by atoms with Crippen LogP contribution in [0.1, 0.15) is 0 Å². The van der Waals surface area contributed by atoms with Gasteiger partial charge in [-0.05, 0) is 93.5 Å². The predicted molar refractivity (Wildman–Crippen MR) is 227 cm³/mol. The van der Waals surface area contributed by atoms with Gasteiger partial charge in [0.25, 0.3) is 0 Å². The maximum atomic E-state index is 6.65. The first-order valence-corrected chi connectivity index (χ1v) is 18.5. The number of benzene rings is 9. The van der Waals surface area contributed by atoms with E-state index in [-0.39, 0.29) is 0 Å². The van der Waals surface area contributed by atoms with E-state index in [2.05, 4.69) is 157 Å². The van der Waals surface area contributed by atoms with Crippen molar-refractivity contribution < 1.29 is 8.83 Å². The van der Waals surface area contributed by atoms with Gasteiger partial charge in [-0.25, -0.2) is 4.98 Å². The van der Waals surface area contributed by atoms with Crippen molar-refractivity contribution >= 4 is 71.6 Å². The lowest BCUT2D eigenvalue weighted by atomic mass is 10.00. The lowest BCUT2D eigenvalue weighted by Gasteiger charge is -2.27. The highest BCUT2D eigenvalue weighted by Gasteiger charge is 2.20. The Kier molecular flexibility index (Phi) is 7.14. The van der Waals surface area contributed by atoms with Gasteiger partial charge in [-0.15, -0.1) is 0 Å². The van der Waals surface area contributed by atoms with Gasteiger partial charge in [0.05, 0.1) is 5.69 Å². The van der Waals surface area contributed by atoms with E-state index in [0.29, 0.717) is 5.89 Å². The molecule has 11 aromatic rings. The minimum Gasteiger partial charge on any atom is -0.456 e. The molecule has 258 valence electrons. The summed E-state index contributed by atoms with van der Waals surface area (Å²) >= 11 is 0. The van der Waals surface area contributed by atoms with E-state index in [0.717, 1.165) is 72.4 Å². The van der Waals surface area contributed by atoms with E-state index in [1.165, 1.54) is 27.1 Å². The molecule has 0 radical (unpaired) electrons. The Morgan fingerprint density at radius 1 is 0.400 bits per heavy atom. The maximum Gasteiger partial charge on any atom is 0.228 e. The summed E-state index contributed by atoms with van der Waals surface area (Å²) in [5, 5.41) is 6.90. The molecule has 0 atom stereocenters. The third-order valence-electron chi connectivity index (χ3n) is 10.7. The largest absolute Gasteiger partial charge is 0.456 e. The van der Waals surface area contributed by atoms with Crippen LogP contribution in [-0.4, -0.2) is 4.98 Å². The Morgan fingerprint density at radius 3 is 1.98 bits per heavy atom. The quantitative estimate of drug-likeness (QED) is 0.173. The number of oxazole rings is 1. The number of para-hydroxylation sites is 2. The number of nitrogens with zero attached hydrogens (tertiary/aromatic N) is 2. The zero-order valence-corrected chi connectivity index (χ0v) is 29.7. The van der Waals surface area contributed by atoms with Crippen molar-refractivity contribution in [2.75, 3.05) is 4.90 Å². The molecular formula is C51H32N2O2. The van der Waals surface area contributed by atoms with Gasteiger partial charge in [0.1, 0.15) is 16.7 Å². The van der Waals surface area contributed by atoms with Gasteiger partial charge in [0.2, 0.25) is 5.89 Å². The van der Waals surface area contributed by atoms with Crippen LogP contribution >= 0.6 is 0 Å². The van der Waals surface area contributed by atoms with E-state index >= 15 is 0 Å². The highest BCUT2D eigenvalue weighted by Crippen LogP contribution is 2.43. The van der Waals surface area contributed by atoms with Crippen LogP contribution in [0.25, 0.3) is 88.3 Å². The summed E-state index contributed by atoms with van der Waals surface area (Å²) in [5.41, 5.74) is 11.8. The van der Waals surface area contributed by atoms with Crippen molar-refractivity contribution in [2.24, 2.45) is 0 Å². The number of rotatable bonds is 6. The van der Waals surface area contributed by atoms with Crippen LogP contribution in [0.3, 0.4) is 0 Å². The smallest absolute Gasteiger partial charge is 0.228 e. The van der Waals surface area contributed by atoms with Crippen LogP contribution in [0.4, 0.5) is 17.1 Å². The molecule has 0 aliphatic heterocycles. The average Bonchev–Trinajstić information content (AvgIpc) is 3.86. The number of hydrogen-bond donors (Lipinski definition) is 0. The van der Waals surface area contributed by atoms with Crippen molar-refractivity contribution in [3.63, 3.8) is 0 Å².